The van der Waals surface area contributed by atoms with E-state index in [9.17, 15) is 26.3 Å². The Morgan fingerprint density at radius 3 is 2.15 bits per heavy atom. The maximum absolute atomic E-state index is 10.6. The average molecular weight is 695 g/mol. The molecule has 4 aromatic heterocycles. The third-order valence-electron chi connectivity index (χ3n) is 6.79. The zero-order chi connectivity index (χ0) is 33.8. The Morgan fingerprint density at radius 1 is 1.00 bits per heavy atom. The molecule has 2 aliphatic rings. The minimum Gasteiger partial charge on any atom is -0.475 e. The first kappa shape index (κ1) is 34.9. The highest BCUT2D eigenvalue weighted by Crippen LogP contribution is 2.38. The van der Waals surface area contributed by atoms with Crippen LogP contribution in [0.15, 0.2) is 34.7 Å². The molecule has 0 aliphatic carbocycles. The molecule has 2 fully saturated rings. The van der Waals surface area contributed by atoms with Crippen molar-refractivity contribution in [3.63, 3.8) is 0 Å². The molecule has 6 heterocycles. The highest BCUT2D eigenvalue weighted by molar-refractivity contribution is 7.99. The number of nitrogens with one attached hydrogen (secondary N) is 1. The molecule has 0 bridgehead atoms. The normalized spacial score (nSPS) is 15.6. The smallest absolute Gasteiger partial charge is 0.475 e. The summed E-state index contributed by atoms with van der Waals surface area (Å²) in [6.45, 7) is 6.47. The van der Waals surface area contributed by atoms with Gasteiger partial charge in [-0.05, 0) is 50.2 Å². The lowest BCUT2D eigenvalue weighted by Gasteiger charge is -2.45. The number of fused-ring (bicyclic) bond motifs is 2. The van der Waals surface area contributed by atoms with Gasteiger partial charge >= 0.3 is 24.3 Å². The predicted octanol–water partition coefficient (Wildman–Crippen LogP) is 5.21. The molecule has 0 radical (unpaired) electrons. The number of halogens is 7. The lowest BCUT2D eigenvalue weighted by atomic mass is 10.1. The van der Waals surface area contributed by atoms with Gasteiger partial charge in [0.1, 0.15) is 17.0 Å². The van der Waals surface area contributed by atoms with Crippen molar-refractivity contribution in [3.05, 3.63) is 35.4 Å². The maximum atomic E-state index is 10.6. The summed E-state index contributed by atoms with van der Waals surface area (Å²) in [6, 6.07) is 2.57. The molecule has 4 aromatic rings. The summed E-state index contributed by atoms with van der Waals surface area (Å²) < 4.78 is 63.5. The van der Waals surface area contributed by atoms with E-state index in [1.165, 1.54) is 37.7 Å². The third-order valence-corrected chi connectivity index (χ3v) is 8.03. The Balaban J connectivity index is 0.000000289. The van der Waals surface area contributed by atoms with Gasteiger partial charge in [0.2, 0.25) is 0 Å². The largest absolute Gasteiger partial charge is 0.490 e. The van der Waals surface area contributed by atoms with Crippen LogP contribution in [0.1, 0.15) is 25.5 Å². The maximum Gasteiger partial charge on any atom is 0.490 e. The summed E-state index contributed by atoms with van der Waals surface area (Å²) in [4.78, 5) is 49.8. The van der Waals surface area contributed by atoms with Crippen molar-refractivity contribution in [1.29, 1.82) is 0 Å². The van der Waals surface area contributed by atoms with E-state index in [1.54, 1.807) is 18.6 Å². The van der Waals surface area contributed by atoms with Crippen LogP contribution in [0.4, 0.5) is 32.2 Å². The Hall–Kier alpha value is -3.97. The molecule has 3 N–H and O–H groups in total. The van der Waals surface area contributed by atoms with Gasteiger partial charge in [0, 0.05) is 48.3 Å². The van der Waals surface area contributed by atoms with Gasteiger partial charge in [-0.3, -0.25) is 9.88 Å². The van der Waals surface area contributed by atoms with E-state index in [0.717, 1.165) is 57.5 Å². The van der Waals surface area contributed by atoms with E-state index in [2.05, 4.69) is 36.7 Å². The third kappa shape index (κ3) is 8.43. The number of hydrogen-bond acceptors (Lipinski definition) is 10. The van der Waals surface area contributed by atoms with Gasteiger partial charge in [-0.2, -0.15) is 26.3 Å². The first-order chi connectivity index (χ1) is 21.6. The molecule has 0 amide bonds. The molecule has 0 saturated carbocycles. The number of alkyl halides is 6. The number of likely N-dealkylation sites (tertiary alicyclic amines) is 1. The zero-order valence-corrected chi connectivity index (χ0v) is 25.3. The number of carboxylic acids is 2. The lowest BCUT2D eigenvalue weighted by molar-refractivity contribution is -0.193. The van der Waals surface area contributed by atoms with Gasteiger partial charge in [-0.15, -0.1) is 0 Å². The van der Waals surface area contributed by atoms with Crippen LogP contribution in [0.25, 0.3) is 22.2 Å². The summed E-state index contributed by atoms with van der Waals surface area (Å²) >= 11 is 8.23. The van der Waals surface area contributed by atoms with Crippen LogP contribution in [-0.2, 0) is 16.0 Å². The number of rotatable bonds is 5. The Kier molecular flexibility index (Phi) is 10.8. The average Bonchev–Trinajstić information content (AvgIpc) is 3.60. The molecule has 6 rings (SSSR count). The zero-order valence-electron chi connectivity index (χ0n) is 23.7. The van der Waals surface area contributed by atoms with Gasteiger partial charge in [-0.1, -0.05) is 18.5 Å². The van der Waals surface area contributed by atoms with Crippen LogP contribution < -0.4 is 4.90 Å². The van der Waals surface area contributed by atoms with Crippen molar-refractivity contribution in [2.75, 3.05) is 31.1 Å². The molecule has 0 spiro atoms. The molecule has 46 heavy (non-hydrogen) atoms. The van der Waals surface area contributed by atoms with Crippen LogP contribution >= 0.6 is 23.4 Å². The van der Waals surface area contributed by atoms with Gasteiger partial charge in [0.15, 0.2) is 10.8 Å². The van der Waals surface area contributed by atoms with E-state index in [4.69, 9.17) is 41.4 Å². The van der Waals surface area contributed by atoms with Crippen LogP contribution in [0.2, 0.25) is 5.02 Å². The standard InChI is InChI=1S/C22H23ClN8S.2C2HF3O2/c1-2-15-18(23)17-20(27-15)28-22(32-14-9-16-19(26-10-14)25-6-5-24-16)29-21(17)31-11-13(12-31)30-7-3-4-8-30;2*3-2(4,5)1(6)7/h5-6,9-10,13H,2-4,7-8,11-12H2,1H3,(H,27,28,29);2*(H,6,7). The fourth-order valence-electron chi connectivity index (χ4n) is 4.55. The van der Waals surface area contributed by atoms with E-state index >= 15 is 0 Å². The highest BCUT2D eigenvalue weighted by Gasteiger charge is 2.39. The fraction of sp³-hybridized carbons (Fsp3) is 0.423. The molecule has 2 saturated heterocycles. The first-order valence-electron chi connectivity index (χ1n) is 13.5. The van der Waals surface area contributed by atoms with E-state index < -0.39 is 24.3 Å². The van der Waals surface area contributed by atoms with Crippen LogP contribution in [0.5, 0.6) is 0 Å². The second-order valence-corrected chi connectivity index (χ2v) is 11.3. The second kappa shape index (κ2) is 14.2. The number of carboxylic acid groups (broad SMARTS) is 2. The van der Waals surface area contributed by atoms with Crippen LogP contribution in [0.3, 0.4) is 0 Å². The number of aryl methyl sites for hydroxylation is 1. The number of aromatic amines is 1. The van der Waals surface area contributed by atoms with E-state index in [0.29, 0.717) is 16.8 Å². The van der Waals surface area contributed by atoms with Crippen LogP contribution in [-0.4, -0.2) is 102 Å². The molecule has 0 unspecified atom stereocenters. The van der Waals surface area contributed by atoms with Gasteiger partial charge in [0.05, 0.1) is 10.4 Å². The Bertz CT molecular complexity index is 1690. The number of hydrogen-bond donors (Lipinski definition) is 3. The SMILES string of the molecule is CCc1[nH]c2nc(Sc3cnc4nccnc4c3)nc(N3CC(N4CCCC4)C3)c2c1Cl.O=C(O)C(F)(F)F.O=C(O)C(F)(F)F. The lowest BCUT2D eigenvalue weighted by Crippen LogP contribution is -2.59. The number of H-pyrrole nitrogens is 1. The summed E-state index contributed by atoms with van der Waals surface area (Å²) in [6.07, 6.45) is -1.62. The molecule has 2 aliphatic heterocycles. The van der Waals surface area contributed by atoms with Gasteiger partial charge < -0.3 is 20.1 Å². The molecule has 0 atom stereocenters. The van der Waals surface area contributed by atoms with Crippen molar-refractivity contribution in [2.45, 2.75) is 54.6 Å². The molecule has 248 valence electrons. The topological polar surface area (TPSA) is 161 Å². The molecule has 20 heteroatoms. The quantitative estimate of drug-likeness (QED) is 0.185. The number of pyridine rings is 1. The minimum atomic E-state index is -5.08. The van der Waals surface area contributed by atoms with Crippen molar-refractivity contribution >= 4 is 63.3 Å². The number of aromatic nitrogens is 6. The van der Waals surface area contributed by atoms with E-state index in [-0.39, 0.29) is 0 Å². The van der Waals surface area contributed by atoms with E-state index in [1.807, 2.05) is 6.07 Å². The van der Waals surface area contributed by atoms with Crippen molar-refractivity contribution in [1.82, 2.24) is 34.8 Å². The second-order valence-electron chi connectivity index (χ2n) is 9.90. The number of anilines is 1. The van der Waals surface area contributed by atoms with Gasteiger partial charge in [0.25, 0.3) is 0 Å². The van der Waals surface area contributed by atoms with Crippen LogP contribution in [0, 0.1) is 0 Å². The van der Waals surface area contributed by atoms with Crippen molar-refractivity contribution < 1.29 is 46.1 Å². The molecule has 12 nitrogen and oxygen atoms in total. The highest BCUT2D eigenvalue weighted by atomic mass is 35.5. The number of carbonyl (C=O) groups is 2. The van der Waals surface area contributed by atoms with Crippen molar-refractivity contribution in [3.8, 4) is 0 Å². The minimum absolute atomic E-state index is 0.602. The first-order valence-corrected chi connectivity index (χ1v) is 14.7. The van der Waals surface area contributed by atoms with Gasteiger partial charge in [-0.25, -0.2) is 29.5 Å². The monoisotopic (exact) mass is 694 g/mol. The summed E-state index contributed by atoms with van der Waals surface area (Å²) in [5.74, 6) is -4.59. The summed E-state index contributed by atoms with van der Waals surface area (Å²) in [5.41, 5.74) is 3.17. The number of aliphatic carboxylic acids is 2. The predicted molar refractivity (Wildman–Crippen MR) is 154 cm³/mol. The summed E-state index contributed by atoms with van der Waals surface area (Å²) in [7, 11) is 0. The fourth-order valence-corrected chi connectivity index (χ4v) is 5.67. The Labute approximate surface area is 265 Å². The molecular weight excluding hydrogens is 670 g/mol. The number of nitrogens with zero attached hydrogens (tertiary/aromatic N) is 7. The molecular formula is C26H25ClF6N8O4S. The van der Waals surface area contributed by atoms with Crippen molar-refractivity contribution in [2.24, 2.45) is 0 Å². The molecule has 0 aromatic carbocycles. The summed E-state index contributed by atoms with van der Waals surface area (Å²) in [5, 5.41) is 16.6. The Morgan fingerprint density at radius 2 is 1.59 bits per heavy atom.